The maximum atomic E-state index is 12.2. The number of carbonyl (C=O) groups excluding carboxylic acids is 5. The highest BCUT2D eigenvalue weighted by Crippen LogP contribution is 2.17. The first-order valence-corrected chi connectivity index (χ1v) is 8.45. The van der Waals surface area contributed by atoms with E-state index in [1.807, 2.05) is 0 Å². The Morgan fingerprint density at radius 3 is 2.18 bits per heavy atom. The van der Waals surface area contributed by atoms with E-state index in [1.54, 1.807) is 0 Å². The summed E-state index contributed by atoms with van der Waals surface area (Å²) >= 11 is 0. The van der Waals surface area contributed by atoms with E-state index in [1.165, 1.54) is 0 Å². The van der Waals surface area contributed by atoms with Crippen molar-refractivity contribution in [3.63, 3.8) is 0 Å². The average Bonchev–Trinajstić information content (AvgIpc) is 3.07. The summed E-state index contributed by atoms with van der Waals surface area (Å²) in [5.41, 5.74) is 15.5. The molecule has 0 radical (unpaired) electrons. The summed E-state index contributed by atoms with van der Waals surface area (Å²) in [6.45, 7) is -0.282. The number of nitrogens with two attached hydrogens (primary N) is 3. The van der Waals surface area contributed by atoms with Crippen LogP contribution in [0.5, 0.6) is 0 Å². The van der Waals surface area contributed by atoms with Crippen molar-refractivity contribution < 1.29 is 33.9 Å². The molecule has 1 aliphatic heterocycles. The second-order valence-electron chi connectivity index (χ2n) is 6.31. The lowest BCUT2D eigenvalue weighted by Crippen LogP contribution is -2.54. The third kappa shape index (κ3) is 6.83. The minimum absolute atomic E-state index is 0.245. The summed E-state index contributed by atoms with van der Waals surface area (Å²) in [5.74, 6) is -5.29. The number of aliphatic carboxylic acids is 1. The van der Waals surface area contributed by atoms with Crippen LogP contribution in [0.1, 0.15) is 25.7 Å². The van der Waals surface area contributed by atoms with Crippen LogP contribution in [0.2, 0.25) is 0 Å². The number of nitrogens with zero attached hydrogens (tertiary/aromatic N) is 1. The highest BCUT2D eigenvalue weighted by Gasteiger charge is 2.34. The molecule has 1 heterocycles. The molecule has 1 rings (SSSR count). The summed E-state index contributed by atoms with van der Waals surface area (Å²) in [4.78, 5) is 70.5. The molecule has 156 valence electrons. The van der Waals surface area contributed by atoms with Crippen LogP contribution < -0.4 is 27.8 Å². The van der Waals surface area contributed by atoms with Gasteiger partial charge in [0, 0.05) is 6.54 Å². The first-order valence-electron chi connectivity index (χ1n) is 8.45. The molecule has 0 spiro atoms. The van der Waals surface area contributed by atoms with Crippen molar-refractivity contribution >= 4 is 35.5 Å². The van der Waals surface area contributed by atoms with Crippen LogP contribution in [0.15, 0.2) is 0 Å². The first-order chi connectivity index (χ1) is 13.0. The lowest BCUT2D eigenvalue weighted by atomic mass is 10.1. The quantitative estimate of drug-likeness (QED) is 0.210. The summed E-state index contributed by atoms with van der Waals surface area (Å²) in [6, 6.07) is -3.72. The molecule has 3 atom stereocenters. The molecule has 1 saturated heterocycles. The SMILES string of the molecule is NC(=O)CC(N)C(=O)NC(CC(N)=O)C(=O)NCC(=O)N1CCCC1C(=O)O. The van der Waals surface area contributed by atoms with E-state index >= 15 is 0 Å². The molecule has 13 nitrogen and oxygen atoms in total. The molecule has 9 N–H and O–H groups in total. The Kier molecular flexibility index (Phi) is 8.31. The molecule has 0 bridgehead atoms. The topological polar surface area (TPSA) is 228 Å². The van der Waals surface area contributed by atoms with Crippen molar-refractivity contribution in [2.45, 2.75) is 43.8 Å². The van der Waals surface area contributed by atoms with Crippen molar-refractivity contribution in [2.75, 3.05) is 13.1 Å². The van der Waals surface area contributed by atoms with Gasteiger partial charge in [-0.05, 0) is 12.8 Å². The van der Waals surface area contributed by atoms with Crippen molar-refractivity contribution in [3.05, 3.63) is 0 Å². The Morgan fingerprint density at radius 1 is 1.04 bits per heavy atom. The van der Waals surface area contributed by atoms with Crippen molar-refractivity contribution in [3.8, 4) is 0 Å². The van der Waals surface area contributed by atoms with E-state index < -0.39 is 73.0 Å². The Bertz CT molecular complexity index is 667. The molecular formula is C15H24N6O7. The van der Waals surface area contributed by atoms with Crippen molar-refractivity contribution in [2.24, 2.45) is 17.2 Å². The van der Waals surface area contributed by atoms with Crippen LogP contribution in [-0.2, 0) is 28.8 Å². The highest BCUT2D eigenvalue weighted by molar-refractivity contribution is 5.96. The minimum Gasteiger partial charge on any atom is -0.480 e. The van der Waals surface area contributed by atoms with Crippen LogP contribution >= 0.6 is 0 Å². The molecule has 28 heavy (non-hydrogen) atoms. The summed E-state index contributed by atoms with van der Waals surface area (Å²) in [6.07, 6.45) is -0.209. The van der Waals surface area contributed by atoms with Gasteiger partial charge >= 0.3 is 5.97 Å². The van der Waals surface area contributed by atoms with E-state index in [-0.39, 0.29) is 6.54 Å². The largest absolute Gasteiger partial charge is 0.480 e. The maximum Gasteiger partial charge on any atom is 0.326 e. The lowest BCUT2D eigenvalue weighted by Gasteiger charge is -2.23. The molecule has 5 amide bonds. The Labute approximate surface area is 159 Å². The zero-order valence-corrected chi connectivity index (χ0v) is 15.1. The zero-order chi connectivity index (χ0) is 21.4. The predicted octanol–water partition coefficient (Wildman–Crippen LogP) is -4.26. The standard InChI is InChI=1S/C15H24N6O7/c16-7(4-10(17)22)13(25)20-8(5-11(18)23)14(26)19-6-12(24)21-3-1-2-9(21)15(27)28/h7-9H,1-6,16H2,(H2,17,22)(H2,18,23)(H,19,26)(H,20,25)(H,27,28). The lowest BCUT2D eigenvalue weighted by molar-refractivity contribution is -0.148. The molecule has 1 aliphatic rings. The molecule has 13 heteroatoms. The molecule has 0 aliphatic carbocycles. The van der Waals surface area contributed by atoms with Gasteiger partial charge in [-0.1, -0.05) is 0 Å². The fourth-order valence-electron chi connectivity index (χ4n) is 2.71. The van der Waals surface area contributed by atoms with Gasteiger partial charge in [0.05, 0.1) is 25.4 Å². The monoisotopic (exact) mass is 400 g/mol. The highest BCUT2D eigenvalue weighted by atomic mass is 16.4. The second kappa shape index (κ2) is 10.2. The summed E-state index contributed by atoms with van der Waals surface area (Å²) in [7, 11) is 0. The molecule has 0 aromatic heterocycles. The van der Waals surface area contributed by atoms with Gasteiger partial charge in [0.25, 0.3) is 0 Å². The second-order valence-corrected chi connectivity index (χ2v) is 6.31. The number of carboxylic acid groups (broad SMARTS) is 1. The van der Waals surface area contributed by atoms with Crippen LogP contribution in [-0.4, -0.2) is 76.7 Å². The number of rotatable bonds is 10. The molecule has 1 fully saturated rings. The van der Waals surface area contributed by atoms with Gasteiger partial charge in [-0.3, -0.25) is 24.0 Å². The van der Waals surface area contributed by atoms with Crippen LogP contribution in [0.3, 0.4) is 0 Å². The number of nitrogens with one attached hydrogen (secondary N) is 2. The van der Waals surface area contributed by atoms with Crippen LogP contribution in [0.25, 0.3) is 0 Å². The molecule has 0 aromatic carbocycles. The van der Waals surface area contributed by atoms with Crippen molar-refractivity contribution in [1.82, 2.24) is 15.5 Å². The Morgan fingerprint density at radius 2 is 1.64 bits per heavy atom. The normalized spacial score (nSPS) is 18.0. The van der Waals surface area contributed by atoms with Crippen LogP contribution in [0.4, 0.5) is 0 Å². The Balaban J connectivity index is 2.68. The maximum absolute atomic E-state index is 12.2. The minimum atomic E-state index is -1.43. The number of hydrogen-bond donors (Lipinski definition) is 6. The summed E-state index contributed by atoms with van der Waals surface area (Å²) < 4.78 is 0. The van der Waals surface area contributed by atoms with E-state index in [0.717, 1.165) is 4.90 Å². The van der Waals surface area contributed by atoms with E-state index in [9.17, 15) is 28.8 Å². The first kappa shape index (κ1) is 22.8. The number of primary amides is 2. The fourth-order valence-corrected chi connectivity index (χ4v) is 2.71. The van der Waals surface area contributed by atoms with Gasteiger partial charge in [0.2, 0.25) is 29.5 Å². The van der Waals surface area contributed by atoms with E-state index in [4.69, 9.17) is 22.3 Å². The number of amides is 5. The fraction of sp³-hybridized carbons (Fsp3) is 0.600. The predicted molar refractivity (Wildman–Crippen MR) is 92.9 cm³/mol. The summed E-state index contributed by atoms with van der Waals surface area (Å²) in [5, 5.41) is 13.5. The number of carbonyl (C=O) groups is 6. The van der Waals surface area contributed by atoms with Crippen LogP contribution in [0, 0.1) is 0 Å². The average molecular weight is 400 g/mol. The number of carboxylic acids is 1. The van der Waals surface area contributed by atoms with Gasteiger partial charge in [-0.25, -0.2) is 4.79 Å². The van der Waals surface area contributed by atoms with Gasteiger partial charge in [-0.2, -0.15) is 0 Å². The Hall–Kier alpha value is -3.22. The smallest absolute Gasteiger partial charge is 0.326 e. The van der Waals surface area contributed by atoms with Gasteiger partial charge < -0.3 is 37.8 Å². The molecule has 3 unspecified atom stereocenters. The number of likely N-dealkylation sites (tertiary alicyclic amines) is 1. The van der Waals surface area contributed by atoms with E-state index in [0.29, 0.717) is 12.8 Å². The third-order valence-corrected chi connectivity index (χ3v) is 4.07. The van der Waals surface area contributed by atoms with Gasteiger partial charge in [0.15, 0.2) is 0 Å². The zero-order valence-electron chi connectivity index (χ0n) is 15.1. The van der Waals surface area contributed by atoms with Gasteiger partial charge in [0.1, 0.15) is 12.1 Å². The third-order valence-electron chi connectivity index (χ3n) is 4.07. The number of hydrogen-bond acceptors (Lipinski definition) is 7. The molecule has 0 aromatic rings. The molecule has 0 saturated carbocycles. The van der Waals surface area contributed by atoms with Crippen molar-refractivity contribution in [1.29, 1.82) is 0 Å². The van der Waals surface area contributed by atoms with Gasteiger partial charge in [-0.15, -0.1) is 0 Å². The molecular weight excluding hydrogens is 376 g/mol. The van der Waals surface area contributed by atoms with E-state index in [2.05, 4.69) is 10.6 Å².